The number of nitrogens with zero attached hydrogens (tertiary/aromatic N) is 1. The van der Waals surface area contributed by atoms with Crippen molar-refractivity contribution in [3.63, 3.8) is 0 Å². The van der Waals surface area contributed by atoms with E-state index in [1.165, 1.54) is 12.1 Å². The molecule has 0 atom stereocenters. The van der Waals surface area contributed by atoms with E-state index in [0.29, 0.717) is 34.2 Å². The number of anilines is 1. The molecule has 1 heterocycles. The van der Waals surface area contributed by atoms with E-state index in [0.717, 1.165) is 24.7 Å². The van der Waals surface area contributed by atoms with E-state index < -0.39 is 11.6 Å². The van der Waals surface area contributed by atoms with Gasteiger partial charge in [-0.2, -0.15) is 0 Å². The lowest BCUT2D eigenvalue weighted by atomic mass is 10.1. The summed E-state index contributed by atoms with van der Waals surface area (Å²) in [6.45, 7) is 1.80. The standard InChI is InChI=1S/C23H21F2N3O2/c1-14-20(23(29)27-13-15-9-16(24)11-17(25)10-15)3-2-4-21(14)30-19-7-8-26-22(12-19)28-18-5-6-18/h2-4,7-12,18H,5-6,13H2,1H3,(H,26,28)(H,27,29). The van der Waals surface area contributed by atoms with Crippen LogP contribution in [0.3, 0.4) is 0 Å². The molecule has 2 N–H and O–H groups in total. The first-order chi connectivity index (χ1) is 14.5. The summed E-state index contributed by atoms with van der Waals surface area (Å²) in [5, 5.41) is 6.01. The van der Waals surface area contributed by atoms with E-state index >= 15 is 0 Å². The van der Waals surface area contributed by atoms with Crippen molar-refractivity contribution in [2.45, 2.75) is 32.4 Å². The lowest BCUT2D eigenvalue weighted by Crippen LogP contribution is -2.23. The minimum atomic E-state index is -0.682. The van der Waals surface area contributed by atoms with Crippen LogP contribution < -0.4 is 15.4 Å². The molecule has 0 unspecified atom stereocenters. The topological polar surface area (TPSA) is 63.2 Å². The minimum Gasteiger partial charge on any atom is -0.457 e. The first kappa shape index (κ1) is 19.8. The summed E-state index contributed by atoms with van der Waals surface area (Å²) in [4.78, 5) is 16.9. The highest BCUT2D eigenvalue weighted by atomic mass is 19.1. The molecule has 1 fully saturated rings. The van der Waals surface area contributed by atoms with Crippen molar-refractivity contribution >= 4 is 11.7 Å². The zero-order chi connectivity index (χ0) is 21.1. The zero-order valence-corrected chi connectivity index (χ0v) is 16.4. The minimum absolute atomic E-state index is 0.0125. The second-order valence-electron chi connectivity index (χ2n) is 7.29. The average molecular weight is 409 g/mol. The maximum atomic E-state index is 13.3. The van der Waals surface area contributed by atoms with E-state index in [2.05, 4.69) is 15.6 Å². The average Bonchev–Trinajstić information content (AvgIpc) is 3.51. The normalized spacial score (nSPS) is 13.0. The fourth-order valence-corrected chi connectivity index (χ4v) is 3.08. The van der Waals surface area contributed by atoms with Crippen LogP contribution >= 0.6 is 0 Å². The molecule has 1 saturated carbocycles. The number of hydrogen-bond acceptors (Lipinski definition) is 4. The van der Waals surface area contributed by atoms with Crippen LogP contribution in [-0.4, -0.2) is 16.9 Å². The number of pyridine rings is 1. The van der Waals surface area contributed by atoms with Crippen LogP contribution in [0.2, 0.25) is 0 Å². The number of aromatic nitrogens is 1. The summed E-state index contributed by atoms with van der Waals surface area (Å²) in [5.41, 5.74) is 1.43. The number of rotatable bonds is 7. The molecule has 0 bridgehead atoms. The van der Waals surface area contributed by atoms with Gasteiger partial charge in [0.1, 0.15) is 29.0 Å². The highest BCUT2D eigenvalue weighted by Gasteiger charge is 2.21. The maximum absolute atomic E-state index is 13.3. The number of ether oxygens (including phenoxy) is 1. The fraction of sp³-hybridized carbons (Fsp3) is 0.217. The van der Waals surface area contributed by atoms with Crippen molar-refractivity contribution in [1.29, 1.82) is 0 Å². The molecule has 3 aromatic rings. The Labute approximate surface area is 173 Å². The SMILES string of the molecule is Cc1c(Oc2ccnc(NC3CC3)c2)cccc1C(=O)NCc1cc(F)cc(F)c1. The van der Waals surface area contributed by atoms with Crippen LogP contribution in [-0.2, 0) is 6.54 Å². The van der Waals surface area contributed by atoms with Crippen LogP contribution in [0, 0.1) is 18.6 Å². The molecule has 0 aliphatic heterocycles. The molecule has 0 radical (unpaired) electrons. The number of hydrogen-bond donors (Lipinski definition) is 2. The fourth-order valence-electron chi connectivity index (χ4n) is 3.08. The molecule has 154 valence electrons. The first-order valence-electron chi connectivity index (χ1n) is 9.71. The third-order valence-corrected chi connectivity index (χ3v) is 4.79. The third kappa shape index (κ3) is 4.92. The highest BCUT2D eigenvalue weighted by Crippen LogP contribution is 2.30. The van der Waals surface area contributed by atoms with Crippen molar-refractivity contribution in [2.24, 2.45) is 0 Å². The Morgan fingerprint density at radius 3 is 2.63 bits per heavy atom. The smallest absolute Gasteiger partial charge is 0.251 e. The first-order valence-corrected chi connectivity index (χ1v) is 9.71. The quantitative estimate of drug-likeness (QED) is 0.579. The Hall–Kier alpha value is -3.48. The maximum Gasteiger partial charge on any atom is 0.251 e. The number of nitrogens with one attached hydrogen (secondary N) is 2. The summed E-state index contributed by atoms with van der Waals surface area (Å²) in [5.74, 6) is 0.196. The van der Waals surface area contributed by atoms with Crippen LogP contribution in [0.25, 0.3) is 0 Å². The lowest BCUT2D eigenvalue weighted by molar-refractivity contribution is 0.0950. The van der Waals surface area contributed by atoms with Crippen LogP contribution in [0.15, 0.2) is 54.7 Å². The Morgan fingerprint density at radius 1 is 1.13 bits per heavy atom. The summed E-state index contributed by atoms with van der Waals surface area (Å²) < 4.78 is 32.6. The van der Waals surface area contributed by atoms with Crippen molar-refractivity contribution < 1.29 is 18.3 Å². The summed E-state index contributed by atoms with van der Waals surface area (Å²) in [6.07, 6.45) is 3.96. The molecule has 1 aromatic heterocycles. The van der Waals surface area contributed by atoms with Gasteiger partial charge >= 0.3 is 0 Å². The van der Waals surface area contributed by atoms with E-state index in [1.807, 2.05) is 6.07 Å². The molecule has 1 amide bonds. The number of benzene rings is 2. The van der Waals surface area contributed by atoms with Gasteiger partial charge in [-0.3, -0.25) is 4.79 Å². The van der Waals surface area contributed by atoms with Gasteiger partial charge in [0.15, 0.2) is 0 Å². The highest BCUT2D eigenvalue weighted by molar-refractivity contribution is 5.96. The molecule has 0 spiro atoms. The van der Waals surface area contributed by atoms with E-state index in [4.69, 9.17) is 4.74 Å². The van der Waals surface area contributed by atoms with Crippen molar-refractivity contribution in [3.8, 4) is 11.5 Å². The molecule has 4 rings (SSSR count). The molecule has 2 aromatic carbocycles. The molecular formula is C23H21F2N3O2. The Kier molecular flexibility index (Phi) is 5.61. The van der Waals surface area contributed by atoms with Gasteiger partial charge in [-0.1, -0.05) is 6.07 Å². The molecule has 1 aliphatic carbocycles. The van der Waals surface area contributed by atoms with E-state index in [-0.39, 0.29) is 12.5 Å². The Morgan fingerprint density at radius 2 is 1.90 bits per heavy atom. The third-order valence-electron chi connectivity index (χ3n) is 4.79. The summed E-state index contributed by atoms with van der Waals surface area (Å²) >= 11 is 0. The Bertz CT molecular complexity index is 1060. The van der Waals surface area contributed by atoms with Crippen LogP contribution in [0.1, 0.15) is 34.3 Å². The van der Waals surface area contributed by atoms with Gasteiger partial charge < -0.3 is 15.4 Å². The van der Waals surface area contributed by atoms with Crippen molar-refractivity contribution in [3.05, 3.63) is 83.1 Å². The largest absolute Gasteiger partial charge is 0.457 e. The van der Waals surface area contributed by atoms with Gasteiger partial charge in [-0.25, -0.2) is 13.8 Å². The van der Waals surface area contributed by atoms with Gasteiger partial charge in [0, 0.05) is 42.0 Å². The zero-order valence-electron chi connectivity index (χ0n) is 16.4. The van der Waals surface area contributed by atoms with Crippen LogP contribution in [0.4, 0.5) is 14.6 Å². The van der Waals surface area contributed by atoms with Gasteiger partial charge in [-0.05, 0) is 55.7 Å². The summed E-state index contributed by atoms with van der Waals surface area (Å²) in [7, 11) is 0. The Balaban J connectivity index is 1.46. The monoisotopic (exact) mass is 409 g/mol. The van der Waals surface area contributed by atoms with Crippen molar-refractivity contribution in [2.75, 3.05) is 5.32 Å². The van der Waals surface area contributed by atoms with Gasteiger partial charge in [0.25, 0.3) is 5.91 Å². The molecule has 5 nitrogen and oxygen atoms in total. The second kappa shape index (κ2) is 8.49. The predicted molar refractivity (Wildman–Crippen MR) is 110 cm³/mol. The van der Waals surface area contributed by atoms with Gasteiger partial charge in [0.2, 0.25) is 0 Å². The predicted octanol–water partition coefficient (Wildman–Crippen LogP) is 4.96. The second-order valence-corrected chi connectivity index (χ2v) is 7.29. The number of carbonyl (C=O) groups is 1. The van der Waals surface area contributed by atoms with Crippen molar-refractivity contribution in [1.82, 2.24) is 10.3 Å². The molecule has 30 heavy (non-hydrogen) atoms. The van der Waals surface area contributed by atoms with E-state index in [9.17, 15) is 13.6 Å². The lowest BCUT2D eigenvalue weighted by Gasteiger charge is -2.13. The van der Waals surface area contributed by atoms with E-state index in [1.54, 1.807) is 37.4 Å². The van der Waals surface area contributed by atoms with Gasteiger partial charge in [-0.15, -0.1) is 0 Å². The molecular weight excluding hydrogens is 388 g/mol. The number of carbonyl (C=O) groups excluding carboxylic acids is 1. The molecule has 1 aliphatic rings. The van der Waals surface area contributed by atoms with Gasteiger partial charge in [0.05, 0.1) is 0 Å². The number of amides is 1. The molecule has 7 heteroatoms. The summed E-state index contributed by atoms with van der Waals surface area (Å²) in [6, 6.07) is 12.4. The number of halogens is 2. The van der Waals surface area contributed by atoms with Crippen LogP contribution in [0.5, 0.6) is 11.5 Å². The molecule has 0 saturated heterocycles.